The second-order valence-corrected chi connectivity index (χ2v) is 8.35. The van der Waals surface area contributed by atoms with Crippen LogP contribution in [0.25, 0.3) is 39.2 Å². The molecule has 6 heteroatoms. The average molecular weight is 472 g/mol. The van der Waals surface area contributed by atoms with Crippen LogP contribution in [0, 0.1) is 0 Å². The Hall–Kier alpha value is -5.10. The Morgan fingerprint density at radius 2 is 1.39 bits per heavy atom. The third-order valence-electron chi connectivity index (χ3n) is 5.85. The highest BCUT2D eigenvalue weighted by molar-refractivity contribution is 6.04. The molecule has 0 unspecified atom stereocenters. The molecule has 0 saturated carbocycles. The minimum atomic E-state index is -0.202. The number of benzene rings is 4. The minimum absolute atomic E-state index is 0.202. The minimum Gasteiger partial charge on any atom is -0.455 e. The molecule has 0 spiro atoms. The van der Waals surface area contributed by atoms with E-state index >= 15 is 0 Å². The lowest BCUT2D eigenvalue weighted by atomic mass is 10.1. The lowest BCUT2D eigenvalue weighted by Crippen LogP contribution is -2.11. The Kier molecular flexibility index (Phi) is 5.31. The second-order valence-electron chi connectivity index (χ2n) is 8.35. The number of carbonyl (C=O) groups is 1. The van der Waals surface area contributed by atoms with Crippen molar-refractivity contribution in [2.45, 2.75) is 0 Å². The van der Waals surface area contributed by atoms with Crippen LogP contribution < -0.4 is 10.6 Å². The maximum absolute atomic E-state index is 12.7. The zero-order valence-electron chi connectivity index (χ0n) is 19.2. The molecule has 6 nitrogen and oxygen atoms in total. The summed E-state index contributed by atoms with van der Waals surface area (Å²) in [4.78, 5) is 17.3. The van der Waals surface area contributed by atoms with Crippen molar-refractivity contribution in [3.63, 3.8) is 0 Å². The van der Waals surface area contributed by atoms with Gasteiger partial charge in [-0.3, -0.25) is 4.79 Å². The molecule has 2 aromatic heterocycles. The number of aromatic nitrogens is 1. The highest BCUT2D eigenvalue weighted by Crippen LogP contribution is 2.27. The van der Waals surface area contributed by atoms with Crippen molar-refractivity contribution < 1.29 is 13.6 Å². The van der Waals surface area contributed by atoms with E-state index < -0.39 is 0 Å². The fraction of sp³-hybridized carbons (Fsp3) is 0. The van der Waals surface area contributed by atoms with E-state index in [1.54, 1.807) is 12.1 Å². The number of rotatable bonds is 6. The number of hydrogen-bond acceptors (Lipinski definition) is 5. The van der Waals surface area contributed by atoms with Crippen LogP contribution in [0.15, 0.2) is 119 Å². The normalized spacial score (nSPS) is 11.0. The van der Waals surface area contributed by atoms with Gasteiger partial charge in [-0.05, 0) is 72.8 Å². The molecule has 2 N–H and O–H groups in total. The number of nitrogens with one attached hydrogen (secondary N) is 2. The monoisotopic (exact) mass is 471 g/mol. The van der Waals surface area contributed by atoms with Crippen LogP contribution in [0.1, 0.15) is 16.1 Å². The fourth-order valence-corrected chi connectivity index (χ4v) is 3.97. The first-order valence-corrected chi connectivity index (χ1v) is 11.4. The van der Waals surface area contributed by atoms with E-state index in [-0.39, 0.29) is 5.91 Å². The standard InChI is InChI=1S/C30H21N3O3/c1-19(28-18-22-6-2-4-8-26(22)35-28)31-23-14-10-20(11-15-23)29(34)32-24-16-12-21(13-17-24)30-33-25-7-3-5-9-27(25)36-30/h2-18,31H,1H2,(H,32,34). The van der Waals surface area contributed by atoms with Crippen molar-refractivity contribution in [3.05, 3.63) is 121 Å². The first-order valence-electron chi connectivity index (χ1n) is 11.4. The van der Waals surface area contributed by atoms with E-state index in [1.807, 2.05) is 91.0 Å². The summed E-state index contributed by atoms with van der Waals surface area (Å²) in [5, 5.41) is 7.17. The van der Waals surface area contributed by atoms with Crippen LogP contribution in [0.5, 0.6) is 0 Å². The number of nitrogens with zero attached hydrogens (tertiary/aromatic N) is 1. The summed E-state index contributed by atoms with van der Waals surface area (Å²) >= 11 is 0. The van der Waals surface area contributed by atoms with Gasteiger partial charge < -0.3 is 19.5 Å². The van der Waals surface area contributed by atoms with Gasteiger partial charge in [0, 0.05) is 27.9 Å². The van der Waals surface area contributed by atoms with Crippen molar-refractivity contribution in [2.75, 3.05) is 10.6 Å². The largest absolute Gasteiger partial charge is 0.455 e. The van der Waals surface area contributed by atoms with Crippen LogP contribution >= 0.6 is 0 Å². The second kappa shape index (κ2) is 8.92. The molecule has 6 rings (SSSR count). The molecule has 0 aliphatic heterocycles. The Balaban J connectivity index is 1.10. The molecule has 1 amide bonds. The predicted octanol–water partition coefficient (Wildman–Crippen LogP) is 7.58. The third kappa shape index (κ3) is 4.23. The summed E-state index contributed by atoms with van der Waals surface area (Å²) < 4.78 is 11.7. The van der Waals surface area contributed by atoms with Crippen molar-refractivity contribution in [2.24, 2.45) is 0 Å². The molecule has 2 heterocycles. The third-order valence-corrected chi connectivity index (χ3v) is 5.85. The number of hydrogen-bond donors (Lipinski definition) is 2. The number of amides is 1. The Labute approximate surface area is 206 Å². The molecule has 0 fully saturated rings. The van der Waals surface area contributed by atoms with Gasteiger partial charge in [0.25, 0.3) is 5.91 Å². The maximum Gasteiger partial charge on any atom is 0.255 e. The highest BCUT2D eigenvalue weighted by atomic mass is 16.3. The summed E-state index contributed by atoms with van der Waals surface area (Å²) in [6.07, 6.45) is 0. The highest BCUT2D eigenvalue weighted by Gasteiger charge is 2.11. The van der Waals surface area contributed by atoms with Crippen LogP contribution in [0.3, 0.4) is 0 Å². The van der Waals surface area contributed by atoms with E-state index in [2.05, 4.69) is 22.2 Å². The molecule has 0 radical (unpaired) electrons. The van der Waals surface area contributed by atoms with Gasteiger partial charge in [-0.1, -0.05) is 36.9 Å². The van der Waals surface area contributed by atoms with E-state index in [1.165, 1.54) is 0 Å². The van der Waals surface area contributed by atoms with E-state index in [0.717, 1.165) is 33.3 Å². The molecule has 174 valence electrons. The number of anilines is 2. The van der Waals surface area contributed by atoms with E-state index in [4.69, 9.17) is 8.83 Å². The summed E-state index contributed by atoms with van der Waals surface area (Å²) in [7, 11) is 0. The van der Waals surface area contributed by atoms with Crippen molar-refractivity contribution in [3.8, 4) is 11.5 Å². The fourth-order valence-electron chi connectivity index (χ4n) is 3.97. The van der Waals surface area contributed by atoms with Gasteiger partial charge in [-0.2, -0.15) is 0 Å². The molecule has 0 saturated heterocycles. The number of carbonyl (C=O) groups excluding carboxylic acids is 1. The molecule has 0 bridgehead atoms. The van der Waals surface area contributed by atoms with Crippen molar-refractivity contribution in [1.29, 1.82) is 0 Å². The summed E-state index contributed by atoms with van der Waals surface area (Å²) in [5.74, 6) is 1.01. The quantitative estimate of drug-likeness (QED) is 0.262. The lowest BCUT2D eigenvalue weighted by molar-refractivity contribution is 0.102. The number of furan rings is 1. The zero-order chi connectivity index (χ0) is 24.5. The van der Waals surface area contributed by atoms with Crippen LogP contribution in [-0.4, -0.2) is 10.9 Å². The molecular formula is C30H21N3O3. The SMILES string of the molecule is C=C(Nc1ccc(C(=O)Nc2ccc(-c3nc4ccccc4o3)cc2)cc1)c1cc2ccccc2o1. The van der Waals surface area contributed by atoms with Gasteiger partial charge in [-0.15, -0.1) is 0 Å². The van der Waals surface area contributed by atoms with Crippen molar-refractivity contribution in [1.82, 2.24) is 4.98 Å². The van der Waals surface area contributed by atoms with E-state index in [9.17, 15) is 4.79 Å². The number of oxazole rings is 1. The van der Waals surface area contributed by atoms with Gasteiger partial charge in [-0.25, -0.2) is 4.98 Å². The number of para-hydroxylation sites is 3. The molecule has 36 heavy (non-hydrogen) atoms. The van der Waals surface area contributed by atoms with Gasteiger partial charge in [0.2, 0.25) is 5.89 Å². The summed E-state index contributed by atoms with van der Waals surface area (Å²) in [6.45, 7) is 4.07. The van der Waals surface area contributed by atoms with Crippen LogP contribution in [0.4, 0.5) is 11.4 Å². The molecular weight excluding hydrogens is 450 g/mol. The Morgan fingerprint density at radius 1 is 0.722 bits per heavy atom. The van der Waals surface area contributed by atoms with Gasteiger partial charge in [0.05, 0.1) is 5.70 Å². The van der Waals surface area contributed by atoms with Crippen molar-refractivity contribution >= 4 is 45.0 Å². The Bertz CT molecular complexity index is 1640. The lowest BCUT2D eigenvalue weighted by Gasteiger charge is -2.09. The Morgan fingerprint density at radius 3 is 2.14 bits per heavy atom. The molecule has 0 atom stereocenters. The van der Waals surface area contributed by atoms with Gasteiger partial charge in [0.1, 0.15) is 11.1 Å². The van der Waals surface area contributed by atoms with Crippen LogP contribution in [0.2, 0.25) is 0 Å². The van der Waals surface area contributed by atoms with Gasteiger partial charge in [0.15, 0.2) is 11.3 Å². The smallest absolute Gasteiger partial charge is 0.255 e. The molecule has 4 aromatic carbocycles. The summed E-state index contributed by atoms with van der Waals surface area (Å²) in [5.41, 5.74) is 5.86. The predicted molar refractivity (Wildman–Crippen MR) is 143 cm³/mol. The maximum atomic E-state index is 12.7. The van der Waals surface area contributed by atoms with E-state index in [0.29, 0.717) is 28.6 Å². The topological polar surface area (TPSA) is 80.3 Å². The molecule has 0 aliphatic carbocycles. The summed E-state index contributed by atoms with van der Waals surface area (Å²) in [6, 6.07) is 32.0. The first-order chi connectivity index (χ1) is 17.6. The van der Waals surface area contributed by atoms with Crippen LogP contribution in [-0.2, 0) is 0 Å². The first kappa shape index (κ1) is 21.4. The molecule has 0 aliphatic rings. The zero-order valence-corrected chi connectivity index (χ0v) is 19.2. The molecule has 6 aromatic rings. The average Bonchev–Trinajstić information content (AvgIpc) is 3.54. The number of fused-ring (bicyclic) bond motifs is 2. The van der Waals surface area contributed by atoms with Gasteiger partial charge >= 0.3 is 0 Å².